The van der Waals surface area contributed by atoms with Gasteiger partial charge in [-0.1, -0.05) is 12.1 Å². The molecule has 0 saturated carbocycles. The first-order valence-electron chi connectivity index (χ1n) is 13.6. The molecule has 0 unspecified atom stereocenters. The second-order valence-electron chi connectivity index (χ2n) is 11.6. The largest absolute Gasteiger partial charge is 0.465 e. The zero-order chi connectivity index (χ0) is 26.2. The van der Waals surface area contributed by atoms with E-state index in [1.54, 1.807) is 0 Å². The zero-order valence-electron chi connectivity index (χ0n) is 22.8. The molecule has 7 nitrogen and oxygen atoms in total. The molecule has 2 aliphatic rings. The van der Waals surface area contributed by atoms with Gasteiger partial charge in [-0.2, -0.15) is 4.98 Å². The lowest BCUT2D eigenvalue weighted by molar-refractivity contribution is 0.0636. The third kappa shape index (κ3) is 5.93. The summed E-state index contributed by atoms with van der Waals surface area (Å²) in [5.41, 5.74) is 6.46. The Morgan fingerprint density at radius 1 is 1.08 bits per heavy atom. The van der Waals surface area contributed by atoms with Crippen LogP contribution in [-0.4, -0.2) is 52.4 Å². The Morgan fingerprint density at radius 3 is 2.57 bits per heavy atom. The number of ether oxygens (including phenoxy) is 2. The smallest absolute Gasteiger partial charge is 0.412 e. The van der Waals surface area contributed by atoms with Crippen molar-refractivity contribution in [1.82, 2.24) is 14.5 Å². The van der Waals surface area contributed by atoms with Gasteiger partial charge in [0, 0.05) is 31.4 Å². The number of piperidine rings is 1. The number of aryl methyl sites for hydroxylation is 1. The zero-order valence-corrected chi connectivity index (χ0v) is 22.8. The van der Waals surface area contributed by atoms with Crippen molar-refractivity contribution >= 4 is 22.8 Å². The van der Waals surface area contributed by atoms with Gasteiger partial charge in [0.25, 0.3) is 6.01 Å². The number of benzene rings is 2. The van der Waals surface area contributed by atoms with Crippen LogP contribution in [0.15, 0.2) is 36.4 Å². The van der Waals surface area contributed by atoms with Crippen molar-refractivity contribution in [2.45, 2.75) is 71.9 Å². The molecule has 1 N–H and O–H groups in total. The Morgan fingerprint density at radius 2 is 1.84 bits per heavy atom. The molecule has 1 amide bonds. The molecule has 1 aromatic heterocycles. The van der Waals surface area contributed by atoms with E-state index in [4.69, 9.17) is 14.5 Å². The van der Waals surface area contributed by atoms with Crippen LogP contribution in [0.3, 0.4) is 0 Å². The van der Waals surface area contributed by atoms with Crippen LogP contribution < -0.4 is 10.1 Å². The van der Waals surface area contributed by atoms with E-state index in [2.05, 4.69) is 52.0 Å². The van der Waals surface area contributed by atoms with E-state index in [0.29, 0.717) is 18.6 Å². The third-order valence-electron chi connectivity index (χ3n) is 7.39. The first kappa shape index (κ1) is 25.6. The molecule has 5 rings (SSSR count). The standard InChI is InChI=1S/C30H40N4O3/c1-6-36-28-32-26-15-20(2)7-10-27(26)34(28)25-11-13-33(14-12-25)19-21-16-22-8-9-24(18-23(22)17-21)31-29(35)37-30(3,4)5/h7-10,15,18,21,25H,6,11-14,16-17,19H2,1-5H3,(H,31,35)/t21-/m0/s1. The van der Waals surface area contributed by atoms with Gasteiger partial charge in [-0.25, -0.2) is 4.79 Å². The van der Waals surface area contributed by atoms with Gasteiger partial charge in [-0.05, 0) is 107 Å². The van der Waals surface area contributed by atoms with E-state index in [1.165, 1.54) is 22.2 Å². The first-order valence-corrected chi connectivity index (χ1v) is 13.6. The number of amides is 1. The molecular formula is C30H40N4O3. The Labute approximate surface area is 220 Å². The van der Waals surface area contributed by atoms with Gasteiger partial charge in [0.15, 0.2) is 0 Å². The van der Waals surface area contributed by atoms with Crippen LogP contribution in [0.5, 0.6) is 6.01 Å². The quantitative estimate of drug-likeness (QED) is 0.437. The molecular weight excluding hydrogens is 464 g/mol. The Bertz CT molecular complexity index is 1270. The van der Waals surface area contributed by atoms with E-state index < -0.39 is 11.7 Å². The van der Waals surface area contributed by atoms with E-state index in [1.807, 2.05) is 33.8 Å². The van der Waals surface area contributed by atoms with Gasteiger partial charge in [-0.15, -0.1) is 0 Å². The highest BCUT2D eigenvalue weighted by Crippen LogP contribution is 2.34. The monoisotopic (exact) mass is 504 g/mol. The molecule has 3 aromatic rings. The molecule has 7 heteroatoms. The first-order chi connectivity index (χ1) is 17.7. The van der Waals surface area contributed by atoms with E-state index >= 15 is 0 Å². The minimum atomic E-state index is -0.506. The van der Waals surface area contributed by atoms with Crippen LogP contribution in [0, 0.1) is 12.8 Å². The van der Waals surface area contributed by atoms with E-state index in [-0.39, 0.29) is 0 Å². The molecule has 1 aliphatic heterocycles. The van der Waals surface area contributed by atoms with Crippen LogP contribution in [0.1, 0.15) is 63.3 Å². The highest BCUT2D eigenvalue weighted by atomic mass is 16.6. The minimum Gasteiger partial charge on any atom is -0.465 e. The molecule has 0 bridgehead atoms. The summed E-state index contributed by atoms with van der Waals surface area (Å²) in [4.78, 5) is 19.6. The van der Waals surface area contributed by atoms with E-state index in [9.17, 15) is 4.79 Å². The lowest BCUT2D eigenvalue weighted by Gasteiger charge is -2.34. The number of nitrogens with one attached hydrogen (secondary N) is 1. The average molecular weight is 505 g/mol. The summed E-state index contributed by atoms with van der Waals surface area (Å²) in [6, 6.07) is 13.9. The van der Waals surface area contributed by atoms with Gasteiger partial charge < -0.3 is 14.4 Å². The number of carbonyl (C=O) groups excluding carboxylic acids is 1. The molecule has 2 aromatic carbocycles. The number of nitrogens with zero attached hydrogens (tertiary/aromatic N) is 3. The van der Waals surface area contributed by atoms with Crippen molar-refractivity contribution in [3.8, 4) is 6.01 Å². The normalized spacial score (nSPS) is 18.7. The van der Waals surface area contributed by atoms with Crippen LogP contribution in [0.2, 0.25) is 0 Å². The number of anilines is 1. The fraction of sp³-hybridized carbons (Fsp3) is 0.533. The number of hydrogen-bond acceptors (Lipinski definition) is 5. The fourth-order valence-corrected chi connectivity index (χ4v) is 5.83. The maximum atomic E-state index is 12.2. The van der Waals surface area contributed by atoms with Gasteiger partial charge in [-0.3, -0.25) is 9.88 Å². The van der Waals surface area contributed by atoms with E-state index in [0.717, 1.165) is 62.5 Å². The predicted octanol–water partition coefficient (Wildman–Crippen LogP) is 6.14. The molecule has 1 aliphatic carbocycles. The number of rotatable bonds is 6. The summed E-state index contributed by atoms with van der Waals surface area (Å²) in [5.74, 6) is 0.611. The van der Waals surface area contributed by atoms with Crippen LogP contribution in [0.25, 0.3) is 11.0 Å². The Kier molecular flexibility index (Phi) is 7.17. The van der Waals surface area contributed by atoms with Crippen LogP contribution in [0.4, 0.5) is 10.5 Å². The highest BCUT2D eigenvalue weighted by molar-refractivity contribution is 5.85. The van der Waals surface area contributed by atoms with Gasteiger partial charge in [0.1, 0.15) is 5.60 Å². The summed E-state index contributed by atoms with van der Waals surface area (Å²) >= 11 is 0. The van der Waals surface area contributed by atoms with Crippen molar-refractivity contribution in [2.75, 3.05) is 31.6 Å². The summed E-state index contributed by atoms with van der Waals surface area (Å²) in [5, 5.41) is 2.88. The van der Waals surface area contributed by atoms with Crippen molar-refractivity contribution in [3.05, 3.63) is 53.1 Å². The number of imidazole rings is 1. The Hall–Kier alpha value is -3.06. The van der Waals surface area contributed by atoms with Crippen molar-refractivity contribution < 1.29 is 14.3 Å². The van der Waals surface area contributed by atoms with Crippen molar-refractivity contribution in [2.24, 2.45) is 5.92 Å². The van der Waals surface area contributed by atoms with Gasteiger partial charge >= 0.3 is 6.09 Å². The number of fused-ring (bicyclic) bond motifs is 2. The average Bonchev–Trinajstić information content (AvgIpc) is 3.38. The SMILES string of the molecule is CCOc1nc2cc(C)ccc2n1C1CCN(C[C@H]2Cc3ccc(NC(=O)OC(C)(C)C)cc3C2)CC1. The molecule has 1 atom stereocenters. The maximum absolute atomic E-state index is 12.2. The summed E-state index contributed by atoms with van der Waals surface area (Å²) < 4.78 is 13.7. The topological polar surface area (TPSA) is 68.6 Å². The summed E-state index contributed by atoms with van der Waals surface area (Å²) in [6.45, 7) is 13.7. The summed E-state index contributed by atoms with van der Waals surface area (Å²) in [7, 11) is 0. The fourth-order valence-electron chi connectivity index (χ4n) is 5.83. The second kappa shape index (κ2) is 10.4. The summed E-state index contributed by atoms with van der Waals surface area (Å²) in [6.07, 6.45) is 3.95. The lowest BCUT2D eigenvalue weighted by Crippen LogP contribution is -2.38. The number of hydrogen-bond donors (Lipinski definition) is 1. The molecule has 0 radical (unpaired) electrons. The molecule has 1 fully saturated rings. The lowest BCUT2D eigenvalue weighted by atomic mass is 10.0. The number of carbonyl (C=O) groups is 1. The van der Waals surface area contributed by atoms with Crippen molar-refractivity contribution in [1.29, 1.82) is 0 Å². The maximum Gasteiger partial charge on any atom is 0.412 e. The predicted molar refractivity (Wildman–Crippen MR) is 148 cm³/mol. The number of likely N-dealkylation sites (tertiary alicyclic amines) is 1. The molecule has 1 saturated heterocycles. The van der Waals surface area contributed by atoms with Gasteiger partial charge in [0.2, 0.25) is 0 Å². The minimum absolute atomic E-state index is 0.404. The van der Waals surface area contributed by atoms with Crippen LogP contribution >= 0.6 is 0 Å². The molecule has 0 spiro atoms. The molecule has 2 heterocycles. The third-order valence-corrected chi connectivity index (χ3v) is 7.39. The highest BCUT2D eigenvalue weighted by Gasteiger charge is 2.29. The molecule has 198 valence electrons. The molecule has 37 heavy (non-hydrogen) atoms. The van der Waals surface area contributed by atoms with Gasteiger partial charge in [0.05, 0.1) is 17.6 Å². The van der Waals surface area contributed by atoms with Crippen molar-refractivity contribution in [3.63, 3.8) is 0 Å². The second-order valence-corrected chi connectivity index (χ2v) is 11.6. The van der Waals surface area contributed by atoms with Crippen LogP contribution in [-0.2, 0) is 17.6 Å². The number of aromatic nitrogens is 2. The Balaban J connectivity index is 1.18.